The lowest BCUT2D eigenvalue weighted by molar-refractivity contribution is 0.241. The van der Waals surface area contributed by atoms with Crippen LogP contribution in [0.4, 0.5) is 8.78 Å². The lowest BCUT2D eigenvalue weighted by Gasteiger charge is -2.27. The van der Waals surface area contributed by atoms with Crippen molar-refractivity contribution in [2.75, 3.05) is 6.54 Å². The molecule has 2 aromatic carbocycles. The first-order chi connectivity index (χ1) is 13.6. The molecule has 0 saturated carbocycles. The minimum absolute atomic E-state index is 0.129. The third kappa shape index (κ3) is 4.48. The van der Waals surface area contributed by atoms with Gasteiger partial charge in [0, 0.05) is 31.8 Å². The molecule has 0 radical (unpaired) electrons. The molecule has 1 aliphatic rings. The summed E-state index contributed by atoms with van der Waals surface area (Å²) in [7, 11) is 0. The average molecular weight is 399 g/mol. The Morgan fingerprint density at radius 2 is 1.89 bits per heavy atom. The maximum Gasteiger partial charge on any atom is 0.256 e. The van der Waals surface area contributed by atoms with E-state index in [4.69, 9.17) is 0 Å². The van der Waals surface area contributed by atoms with Gasteiger partial charge in [-0.3, -0.25) is 9.69 Å². The molecule has 0 amide bonds. The van der Waals surface area contributed by atoms with Crippen molar-refractivity contribution >= 4 is 11.8 Å². The third-order valence-electron chi connectivity index (χ3n) is 4.71. The first kappa shape index (κ1) is 18.8. The van der Waals surface area contributed by atoms with Gasteiger partial charge in [0.1, 0.15) is 11.6 Å². The summed E-state index contributed by atoms with van der Waals surface area (Å²) in [6, 6.07) is 12.8. The molecule has 4 rings (SSSR count). The zero-order valence-electron chi connectivity index (χ0n) is 15.1. The number of hydrogen-bond donors (Lipinski definition) is 1. The Hall–Kier alpha value is -2.51. The van der Waals surface area contributed by atoms with Crippen molar-refractivity contribution in [3.63, 3.8) is 0 Å². The zero-order valence-corrected chi connectivity index (χ0v) is 15.9. The molecule has 144 valence electrons. The van der Waals surface area contributed by atoms with Crippen molar-refractivity contribution in [3.8, 4) is 0 Å². The largest absolute Gasteiger partial charge is 0.301 e. The molecule has 0 bridgehead atoms. The quantitative estimate of drug-likeness (QED) is 0.522. The van der Waals surface area contributed by atoms with Crippen molar-refractivity contribution in [2.24, 2.45) is 0 Å². The van der Waals surface area contributed by atoms with Crippen molar-refractivity contribution in [1.29, 1.82) is 0 Å². The number of H-pyrrole nitrogens is 1. The molecule has 28 heavy (non-hydrogen) atoms. The highest BCUT2D eigenvalue weighted by atomic mass is 32.2. The van der Waals surface area contributed by atoms with Crippen LogP contribution in [0.2, 0.25) is 0 Å². The number of aromatic nitrogens is 2. The van der Waals surface area contributed by atoms with Gasteiger partial charge in [0.15, 0.2) is 5.16 Å². The Bertz CT molecular complexity index is 1040. The van der Waals surface area contributed by atoms with Crippen LogP contribution in [-0.2, 0) is 25.3 Å². The highest BCUT2D eigenvalue weighted by Gasteiger charge is 2.21. The van der Waals surface area contributed by atoms with Gasteiger partial charge in [-0.25, -0.2) is 13.8 Å². The Labute approximate surface area is 165 Å². The van der Waals surface area contributed by atoms with Crippen LogP contribution in [0.15, 0.2) is 58.5 Å². The van der Waals surface area contributed by atoms with E-state index in [2.05, 4.69) is 14.9 Å². The number of rotatable bonds is 5. The molecule has 0 atom stereocenters. The maximum absolute atomic E-state index is 13.3. The number of aromatic amines is 1. The van der Waals surface area contributed by atoms with E-state index in [1.165, 1.54) is 36.0 Å². The predicted octanol–water partition coefficient (Wildman–Crippen LogP) is 3.90. The second kappa shape index (κ2) is 8.24. The Morgan fingerprint density at radius 3 is 2.68 bits per heavy atom. The van der Waals surface area contributed by atoms with E-state index < -0.39 is 0 Å². The van der Waals surface area contributed by atoms with Crippen LogP contribution in [0.3, 0.4) is 0 Å². The number of hydrogen-bond acceptors (Lipinski definition) is 4. The SMILES string of the molecule is O=c1[nH]c(SCc2cccc(F)c2)nc2c1CN(Cc1ccc(F)cc1)CC2. The topological polar surface area (TPSA) is 49.0 Å². The van der Waals surface area contributed by atoms with Gasteiger partial charge in [-0.15, -0.1) is 0 Å². The summed E-state index contributed by atoms with van der Waals surface area (Å²) in [5.41, 5.74) is 3.23. The summed E-state index contributed by atoms with van der Waals surface area (Å²) in [6.45, 7) is 1.97. The number of halogens is 2. The van der Waals surface area contributed by atoms with E-state index in [0.29, 0.717) is 36.0 Å². The van der Waals surface area contributed by atoms with Crippen molar-refractivity contribution < 1.29 is 8.78 Å². The van der Waals surface area contributed by atoms with Gasteiger partial charge in [0.25, 0.3) is 5.56 Å². The van der Waals surface area contributed by atoms with Gasteiger partial charge in [-0.1, -0.05) is 36.0 Å². The van der Waals surface area contributed by atoms with Crippen LogP contribution in [-0.4, -0.2) is 21.4 Å². The van der Waals surface area contributed by atoms with E-state index in [0.717, 1.165) is 23.4 Å². The molecule has 0 saturated heterocycles. The minimum Gasteiger partial charge on any atom is -0.301 e. The van der Waals surface area contributed by atoms with Crippen molar-refractivity contribution in [2.45, 2.75) is 30.4 Å². The zero-order chi connectivity index (χ0) is 19.5. The maximum atomic E-state index is 13.3. The molecule has 2 heterocycles. The first-order valence-corrected chi connectivity index (χ1v) is 10.0. The first-order valence-electron chi connectivity index (χ1n) is 9.03. The lowest BCUT2D eigenvalue weighted by Crippen LogP contribution is -2.35. The molecule has 0 fully saturated rings. The fourth-order valence-corrected chi connectivity index (χ4v) is 4.11. The fourth-order valence-electron chi connectivity index (χ4n) is 3.29. The van der Waals surface area contributed by atoms with E-state index in [9.17, 15) is 13.6 Å². The Balaban J connectivity index is 1.44. The van der Waals surface area contributed by atoms with E-state index in [1.807, 2.05) is 6.07 Å². The van der Waals surface area contributed by atoms with Gasteiger partial charge in [0.2, 0.25) is 0 Å². The van der Waals surface area contributed by atoms with Crippen molar-refractivity contribution in [1.82, 2.24) is 14.9 Å². The van der Waals surface area contributed by atoms with Crippen LogP contribution in [0.5, 0.6) is 0 Å². The molecule has 1 N–H and O–H groups in total. The molecule has 0 spiro atoms. The standard InChI is InChI=1S/C21H19F2N3OS/c22-16-6-4-14(5-7-16)11-26-9-8-19-18(12-26)20(27)25-21(24-19)28-13-15-2-1-3-17(23)10-15/h1-7,10H,8-9,11-13H2,(H,24,25,27). The molecular weight excluding hydrogens is 380 g/mol. The summed E-state index contributed by atoms with van der Waals surface area (Å²) in [5, 5.41) is 0.556. The fraction of sp³-hybridized carbons (Fsp3) is 0.238. The van der Waals surface area contributed by atoms with Crippen LogP contribution >= 0.6 is 11.8 Å². The second-order valence-electron chi connectivity index (χ2n) is 6.80. The average Bonchev–Trinajstić information content (AvgIpc) is 2.69. The molecule has 1 aliphatic heterocycles. The van der Waals surface area contributed by atoms with Crippen LogP contribution in [0.1, 0.15) is 22.4 Å². The van der Waals surface area contributed by atoms with Gasteiger partial charge >= 0.3 is 0 Å². The van der Waals surface area contributed by atoms with Gasteiger partial charge in [-0.2, -0.15) is 0 Å². The number of nitrogens with zero attached hydrogens (tertiary/aromatic N) is 2. The number of nitrogens with one attached hydrogen (secondary N) is 1. The van der Waals surface area contributed by atoms with Crippen LogP contribution < -0.4 is 5.56 Å². The molecule has 7 heteroatoms. The minimum atomic E-state index is -0.272. The number of benzene rings is 2. The van der Waals surface area contributed by atoms with E-state index in [1.54, 1.807) is 18.2 Å². The monoisotopic (exact) mass is 399 g/mol. The lowest BCUT2D eigenvalue weighted by atomic mass is 10.1. The Morgan fingerprint density at radius 1 is 1.07 bits per heavy atom. The smallest absolute Gasteiger partial charge is 0.256 e. The summed E-state index contributed by atoms with van der Waals surface area (Å²) in [4.78, 5) is 22.1. The van der Waals surface area contributed by atoms with E-state index in [-0.39, 0.29) is 17.2 Å². The number of thioether (sulfide) groups is 1. The molecule has 0 aliphatic carbocycles. The van der Waals surface area contributed by atoms with Gasteiger partial charge in [0.05, 0.1) is 11.3 Å². The molecule has 0 unspecified atom stereocenters. The third-order valence-corrected chi connectivity index (χ3v) is 5.65. The molecular formula is C21H19F2N3OS. The highest BCUT2D eigenvalue weighted by Crippen LogP contribution is 2.22. The van der Waals surface area contributed by atoms with Crippen LogP contribution in [0.25, 0.3) is 0 Å². The summed E-state index contributed by atoms with van der Waals surface area (Å²) >= 11 is 1.39. The predicted molar refractivity (Wildman–Crippen MR) is 105 cm³/mol. The molecule has 4 nitrogen and oxygen atoms in total. The van der Waals surface area contributed by atoms with Crippen molar-refractivity contribution in [3.05, 3.63) is 92.9 Å². The normalized spacial score (nSPS) is 14.1. The van der Waals surface area contributed by atoms with Crippen LogP contribution in [0, 0.1) is 11.6 Å². The summed E-state index contributed by atoms with van der Waals surface area (Å²) < 4.78 is 26.3. The molecule has 1 aromatic heterocycles. The molecule has 3 aromatic rings. The van der Waals surface area contributed by atoms with E-state index >= 15 is 0 Å². The van der Waals surface area contributed by atoms with Gasteiger partial charge < -0.3 is 4.98 Å². The number of fused-ring (bicyclic) bond motifs is 1. The second-order valence-corrected chi connectivity index (χ2v) is 7.77. The Kier molecular flexibility index (Phi) is 5.54. The highest BCUT2D eigenvalue weighted by molar-refractivity contribution is 7.98. The van der Waals surface area contributed by atoms with Gasteiger partial charge in [-0.05, 0) is 35.4 Å². The summed E-state index contributed by atoms with van der Waals surface area (Å²) in [5.74, 6) is 0.0128. The summed E-state index contributed by atoms with van der Waals surface area (Å²) in [6.07, 6.45) is 0.688.